The van der Waals surface area contributed by atoms with Crippen molar-refractivity contribution in [3.05, 3.63) is 29.8 Å². The highest BCUT2D eigenvalue weighted by Gasteiger charge is 2.27. The molecule has 0 saturated carbocycles. The summed E-state index contributed by atoms with van der Waals surface area (Å²) in [5.41, 5.74) is 1.89. The largest absolute Gasteiger partial charge is 0.385 e. The molecule has 1 heterocycles. The predicted octanol–water partition coefficient (Wildman–Crippen LogP) is 3.77. The predicted molar refractivity (Wildman–Crippen MR) is 84.1 cm³/mol. The summed E-state index contributed by atoms with van der Waals surface area (Å²) in [5.74, 6) is 0.784. The van der Waals surface area contributed by atoms with Gasteiger partial charge in [0.15, 0.2) is 0 Å². The van der Waals surface area contributed by atoms with Crippen molar-refractivity contribution in [1.29, 1.82) is 0 Å². The smallest absolute Gasteiger partial charge is 0.254 e. The van der Waals surface area contributed by atoms with E-state index in [-0.39, 0.29) is 5.91 Å². The van der Waals surface area contributed by atoms with E-state index in [0.29, 0.717) is 12.0 Å². The van der Waals surface area contributed by atoms with Crippen molar-refractivity contribution < 1.29 is 4.79 Å². The van der Waals surface area contributed by atoms with Crippen molar-refractivity contribution >= 4 is 11.6 Å². The van der Waals surface area contributed by atoms with Gasteiger partial charge in [0.2, 0.25) is 0 Å². The Kier molecular flexibility index (Phi) is 5.05. The van der Waals surface area contributed by atoms with Crippen LogP contribution in [0.4, 0.5) is 5.69 Å². The third-order valence-electron chi connectivity index (χ3n) is 4.09. The van der Waals surface area contributed by atoms with Gasteiger partial charge in [-0.3, -0.25) is 4.79 Å². The summed E-state index contributed by atoms with van der Waals surface area (Å²) in [6.45, 7) is 8.37. The van der Waals surface area contributed by atoms with Crippen LogP contribution in [0.2, 0.25) is 0 Å². The van der Waals surface area contributed by atoms with Crippen molar-refractivity contribution in [1.82, 2.24) is 4.90 Å². The zero-order valence-corrected chi connectivity index (χ0v) is 12.9. The maximum atomic E-state index is 12.6. The Morgan fingerprint density at radius 1 is 1.25 bits per heavy atom. The second-order valence-electron chi connectivity index (χ2n) is 5.99. The first-order chi connectivity index (χ1) is 9.61. The number of nitrogens with zero attached hydrogens (tertiary/aromatic N) is 1. The first-order valence-electron chi connectivity index (χ1n) is 7.76. The third-order valence-corrected chi connectivity index (χ3v) is 4.09. The van der Waals surface area contributed by atoms with E-state index in [9.17, 15) is 4.79 Å². The molecule has 1 fully saturated rings. The summed E-state index contributed by atoms with van der Waals surface area (Å²) in [6.07, 6.45) is 3.44. The first-order valence-corrected chi connectivity index (χ1v) is 7.76. The fourth-order valence-corrected chi connectivity index (χ4v) is 2.74. The second-order valence-corrected chi connectivity index (χ2v) is 5.99. The summed E-state index contributed by atoms with van der Waals surface area (Å²) >= 11 is 0. The molecule has 1 aromatic carbocycles. The minimum Gasteiger partial charge on any atom is -0.385 e. The van der Waals surface area contributed by atoms with E-state index < -0.39 is 0 Å². The van der Waals surface area contributed by atoms with Gasteiger partial charge in [-0.2, -0.15) is 0 Å². The number of carbonyl (C=O) groups excluding carboxylic acids is 1. The summed E-state index contributed by atoms with van der Waals surface area (Å²) in [4.78, 5) is 14.6. The van der Waals surface area contributed by atoms with Gasteiger partial charge >= 0.3 is 0 Å². The molecule has 1 aliphatic rings. The molecule has 0 radical (unpaired) electrons. The third kappa shape index (κ3) is 3.53. The van der Waals surface area contributed by atoms with Crippen molar-refractivity contribution in [2.45, 2.75) is 46.1 Å². The van der Waals surface area contributed by atoms with Gasteiger partial charge in [0.25, 0.3) is 5.91 Å². The molecule has 3 heteroatoms. The Morgan fingerprint density at radius 3 is 2.60 bits per heavy atom. The number of nitrogens with one attached hydrogen (secondary N) is 1. The molecule has 20 heavy (non-hydrogen) atoms. The number of hydrogen-bond donors (Lipinski definition) is 1. The SMILES string of the molecule is CCCNc1ccc(C(=O)N2CC(C)CCC2C)cc1. The average molecular weight is 274 g/mol. The van der Waals surface area contributed by atoms with Crippen LogP contribution in [-0.4, -0.2) is 29.9 Å². The van der Waals surface area contributed by atoms with Gasteiger partial charge in [-0.1, -0.05) is 13.8 Å². The van der Waals surface area contributed by atoms with Crippen LogP contribution in [0.3, 0.4) is 0 Å². The maximum Gasteiger partial charge on any atom is 0.254 e. The zero-order chi connectivity index (χ0) is 14.5. The van der Waals surface area contributed by atoms with E-state index in [1.165, 1.54) is 6.42 Å². The Labute approximate surface area is 122 Å². The van der Waals surface area contributed by atoms with E-state index in [0.717, 1.165) is 37.2 Å². The standard InChI is InChI=1S/C17H26N2O/c1-4-11-18-16-9-7-15(8-10-16)17(20)19-12-13(2)5-6-14(19)3/h7-10,13-14,18H,4-6,11-12H2,1-3H3. The lowest BCUT2D eigenvalue weighted by molar-refractivity contribution is 0.0574. The highest BCUT2D eigenvalue weighted by Crippen LogP contribution is 2.23. The molecule has 0 aliphatic carbocycles. The minimum absolute atomic E-state index is 0.172. The topological polar surface area (TPSA) is 32.3 Å². The molecule has 1 amide bonds. The van der Waals surface area contributed by atoms with Crippen LogP contribution in [0, 0.1) is 5.92 Å². The van der Waals surface area contributed by atoms with E-state index in [1.807, 2.05) is 29.2 Å². The normalized spacial score (nSPS) is 22.6. The van der Waals surface area contributed by atoms with Crippen LogP contribution in [-0.2, 0) is 0 Å². The lowest BCUT2D eigenvalue weighted by Gasteiger charge is -2.36. The van der Waals surface area contributed by atoms with Gasteiger partial charge in [-0.25, -0.2) is 0 Å². The molecule has 3 nitrogen and oxygen atoms in total. The molecule has 2 atom stereocenters. The number of rotatable bonds is 4. The van der Waals surface area contributed by atoms with Crippen molar-refractivity contribution in [3.8, 4) is 0 Å². The summed E-state index contributed by atoms with van der Waals surface area (Å²) in [5, 5.41) is 3.33. The highest BCUT2D eigenvalue weighted by molar-refractivity contribution is 5.94. The highest BCUT2D eigenvalue weighted by atomic mass is 16.2. The van der Waals surface area contributed by atoms with E-state index >= 15 is 0 Å². The van der Waals surface area contributed by atoms with Crippen molar-refractivity contribution in [3.63, 3.8) is 0 Å². The number of anilines is 1. The van der Waals surface area contributed by atoms with Gasteiger partial charge in [0.05, 0.1) is 0 Å². The summed E-state index contributed by atoms with van der Waals surface area (Å²) < 4.78 is 0. The van der Waals surface area contributed by atoms with Gasteiger partial charge < -0.3 is 10.2 Å². The zero-order valence-electron chi connectivity index (χ0n) is 12.9. The van der Waals surface area contributed by atoms with E-state index in [1.54, 1.807) is 0 Å². The van der Waals surface area contributed by atoms with Crippen LogP contribution >= 0.6 is 0 Å². The second kappa shape index (κ2) is 6.78. The molecule has 1 saturated heterocycles. The fourth-order valence-electron chi connectivity index (χ4n) is 2.74. The summed E-state index contributed by atoms with van der Waals surface area (Å²) in [7, 11) is 0. The van der Waals surface area contributed by atoms with Gasteiger partial charge in [0.1, 0.15) is 0 Å². The Bertz CT molecular complexity index is 441. The fraction of sp³-hybridized carbons (Fsp3) is 0.588. The van der Waals surface area contributed by atoms with Gasteiger partial charge in [-0.05, 0) is 56.4 Å². The number of likely N-dealkylation sites (tertiary alicyclic amines) is 1. The number of amides is 1. The van der Waals surface area contributed by atoms with Crippen LogP contribution < -0.4 is 5.32 Å². The first kappa shape index (κ1) is 14.9. The summed E-state index contributed by atoms with van der Waals surface area (Å²) in [6, 6.07) is 8.23. The molecule has 0 bridgehead atoms. The Hall–Kier alpha value is -1.51. The van der Waals surface area contributed by atoms with Crippen LogP contribution in [0.5, 0.6) is 0 Å². The van der Waals surface area contributed by atoms with Crippen molar-refractivity contribution in [2.24, 2.45) is 5.92 Å². The molecule has 110 valence electrons. The van der Waals surface area contributed by atoms with E-state index in [2.05, 4.69) is 26.1 Å². The van der Waals surface area contributed by atoms with Gasteiger partial charge in [-0.15, -0.1) is 0 Å². The minimum atomic E-state index is 0.172. The molecular formula is C17H26N2O. The Balaban J connectivity index is 2.04. The van der Waals surface area contributed by atoms with Crippen LogP contribution in [0.1, 0.15) is 50.4 Å². The number of benzene rings is 1. The molecule has 2 unspecified atom stereocenters. The quantitative estimate of drug-likeness (QED) is 0.906. The maximum absolute atomic E-state index is 12.6. The number of hydrogen-bond acceptors (Lipinski definition) is 2. The van der Waals surface area contributed by atoms with Gasteiger partial charge in [0, 0.05) is 30.4 Å². The molecule has 1 aromatic rings. The molecular weight excluding hydrogens is 248 g/mol. The molecule has 1 N–H and O–H groups in total. The number of carbonyl (C=O) groups is 1. The number of piperidine rings is 1. The van der Waals surface area contributed by atoms with Crippen LogP contribution in [0.15, 0.2) is 24.3 Å². The Morgan fingerprint density at radius 2 is 1.95 bits per heavy atom. The monoisotopic (exact) mass is 274 g/mol. The lowest BCUT2D eigenvalue weighted by Crippen LogP contribution is -2.44. The average Bonchev–Trinajstić information content (AvgIpc) is 2.47. The van der Waals surface area contributed by atoms with Crippen molar-refractivity contribution in [2.75, 3.05) is 18.4 Å². The molecule has 0 spiro atoms. The lowest BCUT2D eigenvalue weighted by atomic mass is 9.94. The molecule has 2 rings (SSSR count). The molecule has 1 aliphatic heterocycles. The molecule has 0 aromatic heterocycles. The van der Waals surface area contributed by atoms with E-state index in [4.69, 9.17) is 0 Å². The van der Waals surface area contributed by atoms with Crippen LogP contribution in [0.25, 0.3) is 0 Å².